The van der Waals surface area contributed by atoms with Crippen molar-refractivity contribution in [1.29, 1.82) is 0 Å². The van der Waals surface area contributed by atoms with E-state index in [4.69, 9.17) is 4.74 Å². The number of benzene rings is 2. The number of imidazole rings is 1. The van der Waals surface area contributed by atoms with Crippen LogP contribution in [0.3, 0.4) is 0 Å². The maximum atomic E-state index is 14.0. The maximum absolute atomic E-state index is 14.0. The highest BCUT2D eigenvalue weighted by Gasteiger charge is 2.16. The zero-order valence-electron chi connectivity index (χ0n) is 11.6. The second kappa shape index (κ2) is 5.01. The molecule has 0 bridgehead atoms. The Hall–Kier alpha value is -2.69. The van der Waals surface area contributed by atoms with Crippen molar-refractivity contribution in [3.05, 3.63) is 53.3 Å². The van der Waals surface area contributed by atoms with Crippen LogP contribution < -0.4 is 0 Å². The molecule has 0 saturated heterocycles. The van der Waals surface area contributed by atoms with Crippen molar-refractivity contribution < 1.29 is 13.9 Å². The molecule has 0 spiro atoms. The van der Waals surface area contributed by atoms with E-state index in [-0.39, 0.29) is 5.82 Å². The number of carbonyl (C=O) groups is 1. The van der Waals surface area contributed by atoms with Gasteiger partial charge in [0.25, 0.3) is 0 Å². The van der Waals surface area contributed by atoms with Crippen LogP contribution in [0.5, 0.6) is 0 Å². The molecule has 1 N–H and O–H groups in total. The van der Waals surface area contributed by atoms with Crippen LogP contribution in [0, 0.1) is 12.7 Å². The summed E-state index contributed by atoms with van der Waals surface area (Å²) in [4.78, 5) is 19.1. The van der Waals surface area contributed by atoms with Gasteiger partial charge >= 0.3 is 5.97 Å². The van der Waals surface area contributed by atoms with E-state index in [1.54, 1.807) is 30.3 Å². The molecule has 5 heteroatoms. The largest absolute Gasteiger partial charge is 0.465 e. The van der Waals surface area contributed by atoms with Crippen molar-refractivity contribution in [3.8, 4) is 11.4 Å². The van der Waals surface area contributed by atoms with Crippen molar-refractivity contribution in [2.75, 3.05) is 7.11 Å². The summed E-state index contributed by atoms with van der Waals surface area (Å²) in [6.07, 6.45) is 0. The number of nitrogens with zero attached hydrogens (tertiary/aromatic N) is 1. The number of halogens is 1. The van der Waals surface area contributed by atoms with Gasteiger partial charge in [0.15, 0.2) is 0 Å². The minimum absolute atomic E-state index is 0.352. The first-order chi connectivity index (χ1) is 10.1. The van der Waals surface area contributed by atoms with E-state index >= 15 is 0 Å². The van der Waals surface area contributed by atoms with Gasteiger partial charge in [-0.1, -0.05) is 17.7 Å². The number of esters is 1. The first kappa shape index (κ1) is 13.3. The topological polar surface area (TPSA) is 55.0 Å². The van der Waals surface area contributed by atoms with Crippen LogP contribution in [0.1, 0.15) is 15.9 Å². The fourth-order valence-electron chi connectivity index (χ4n) is 2.25. The Kier molecular flexibility index (Phi) is 3.17. The minimum atomic E-state index is -0.469. The predicted octanol–water partition coefficient (Wildman–Crippen LogP) is 3.46. The van der Waals surface area contributed by atoms with Gasteiger partial charge in [-0.3, -0.25) is 0 Å². The lowest BCUT2D eigenvalue weighted by atomic mass is 10.1. The van der Waals surface area contributed by atoms with E-state index in [9.17, 15) is 9.18 Å². The number of para-hydroxylation sites is 1. The van der Waals surface area contributed by atoms with E-state index in [0.717, 1.165) is 5.56 Å². The van der Waals surface area contributed by atoms with Crippen molar-refractivity contribution in [2.24, 2.45) is 0 Å². The van der Waals surface area contributed by atoms with Crippen molar-refractivity contribution in [1.82, 2.24) is 9.97 Å². The average molecular weight is 284 g/mol. The second-order valence-electron chi connectivity index (χ2n) is 4.76. The molecule has 1 aromatic heterocycles. The van der Waals surface area contributed by atoms with Crippen LogP contribution in [0.15, 0.2) is 36.4 Å². The van der Waals surface area contributed by atoms with Gasteiger partial charge in [-0.05, 0) is 31.2 Å². The summed E-state index contributed by atoms with van der Waals surface area (Å²) < 4.78 is 18.7. The number of aromatic nitrogens is 2. The lowest BCUT2D eigenvalue weighted by molar-refractivity contribution is 0.0603. The van der Waals surface area contributed by atoms with Gasteiger partial charge in [0.2, 0.25) is 0 Å². The molecule has 0 unspecified atom stereocenters. The predicted molar refractivity (Wildman–Crippen MR) is 77.6 cm³/mol. The lowest BCUT2D eigenvalue weighted by Crippen LogP contribution is -2.01. The number of ether oxygens (including phenoxy) is 1. The van der Waals surface area contributed by atoms with E-state index < -0.39 is 5.97 Å². The summed E-state index contributed by atoms with van der Waals surface area (Å²) in [5, 5.41) is 0. The fraction of sp³-hybridized carbons (Fsp3) is 0.125. The Labute approximate surface area is 120 Å². The molecular formula is C16H13FN2O2. The number of methoxy groups -OCH3 is 1. The molecule has 0 amide bonds. The highest BCUT2D eigenvalue weighted by molar-refractivity contribution is 6.02. The molecule has 3 rings (SSSR count). The van der Waals surface area contributed by atoms with Crippen LogP contribution in [-0.2, 0) is 4.74 Å². The smallest absolute Gasteiger partial charge is 0.340 e. The SMILES string of the molecule is COC(=O)c1cccc2[nH]c(-c3cc(C)ccc3F)nc12. The zero-order chi connectivity index (χ0) is 15.0. The second-order valence-corrected chi connectivity index (χ2v) is 4.76. The summed E-state index contributed by atoms with van der Waals surface area (Å²) in [5.74, 6) is -0.440. The molecule has 0 aliphatic rings. The fourth-order valence-corrected chi connectivity index (χ4v) is 2.25. The molecule has 0 saturated carbocycles. The van der Waals surface area contributed by atoms with Crippen LogP contribution >= 0.6 is 0 Å². The molecular weight excluding hydrogens is 271 g/mol. The molecule has 0 atom stereocenters. The summed E-state index contributed by atoms with van der Waals surface area (Å²) in [7, 11) is 1.31. The number of nitrogens with one attached hydrogen (secondary N) is 1. The molecule has 0 fully saturated rings. The van der Waals surface area contributed by atoms with Crippen LogP contribution in [-0.4, -0.2) is 23.0 Å². The third kappa shape index (κ3) is 2.27. The number of fused-ring (bicyclic) bond motifs is 1. The zero-order valence-corrected chi connectivity index (χ0v) is 11.6. The van der Waals surface area contributed by atoms with Gasteiger partial charge in [-0.15, -0.1) is 0 Å². The first-order valence-electron chi connectivity index (χ1n) is 6.43. The number of rotatable bonds is 2. The molecule has 1 heterocycles. The quantitative estimate of drug-likeness (QED) is 0.733. The van der Waals surface area contributed by atoms with Gasteiger partial charge in [0.05, 0.1) is 23.8 Å². The third-order valence-corrected chi connectivity index (χ3v) is 3.29. The number of carbonyl (C=O) groups excluding carboxylic acids is 1. The summed E-state index contributed by atoms with van der Waals surface area (Å²) in [6, 6.07) is 9.95. The average Bonchev–Trinajstić information content (AvgIpc) is 2.92. The van der Waals surface area contributed by atoms with Gasteiger partial charge < -0.3 is 9.72 Å². The highest BCUT2D eigenvalue weighted by atomic mass is 19.1. The number of aryl methyl sites for hydroxylation is 1. The van der Waals surface area contributed by atoms with Crippen LogP contribution in [0.4, 0.5) is 4.39 Å². The lowest BCUT2D eigenvalue weighted by Gasteiger charge is -2.00. The molecule has 0 aliphatic heterocycles. The van der Waals surface area contributed by atoms with Crippen LogP contribution in [0.2, 0.25) is 0 Å². The van der Waals surface area contributed by atoms with Crippen molar-refractivity contribution >= 4 is 17.0 Å². The number of hydrogen-bond acceptors (Lipinski definition) is 3. The number of H-pyrrole nitrogens is 1. The summed E-state index contributed by atoms with van der Waals surface area (Å²) in [6.45, 7) is 1.88. The number of hydrogen-bond donors (Lipinski definition) is 1. The van der Waals surface area contributed by atoms with Crippen molar-refractivity contribution in [3.63, 3.8) is 0 Å². The number of aromatic amines is 1. The van der Waals surface area contributed by atoms with E-state index in [1.165, 1.54) is 13.2 Å². The summed E-state index contributed by atoms with van der Waals surface area (Å²) in [5.41, 5.74) is 2.79. The molecule has 21 heavy (non-hydrogen) atoms. The molecule has 0 radical (unpaired) electrons. The van der Waals surface area contributed by atoms with Gasteiger partial charge in [0.1, 0.15) is 17.2 Å². The highest BCUT2D eigenvalue weighted by Crippen LogP contribution is 2.26. The monoisotopic (exact) mass is 284 g/mol. The Balaban J connectivity index is 2.22. The Bertz CT molecular complexity index is 839. The van der Waals surface area contributed by atoms with Gasteiger partial charge in [-0.2, -0.15) is 0 Å². The molecule has 106 valence electrons. The molecule has 0 aliphatic carbocycles. The van der Waals surface area contributed by atoms with Crippen LogP contribution in [0.25, 0.3) is 22.4 Å². The van der Waals surface area contributed by atoms with E-state index in [2.05, 4.69) is 9.97 Å². The van der Waals surface area contributed by atoms with Gasteiger partial charge in [0, 0.05) is 0 Å². The summed E-state index contributed by atoms with van der Waals surface area (Å²) >= 11 is 0. The molecule has 4 nitrogen and oxygen atoms in total. The minimum Gasteiger partial charge on any atom is -0.465 e. The Morgan fingerprint density at radius 2 is 2.10 bits per heavy atom. The third-order valence-electron chi connectivity index (χ3n) is 3.29. The van der Waals surface area contributed by atoms with E-state index in [0.29, 0.717) is 28.0 Å². The molecule has 3 aromatic rings. The van der Waals surface area contributed by atoms with Gasteiger partial charge in [-0.25, -0.2) is 14.2 Å². The molecule has 2 aromatic carbocycles. The Morgan fingerprint density at radius 1 is 1.29 bits per heavy atom. The first-order valence-corrected chi connectivity index (χ1v) is 6.43. The Morgan fingerprint density at radius 3 is 2.86 bits per heavy atom. The standard InChI is InChI=1S/C16H13FN2O2/c1-9-6-7-12(17)11(8-9)15-18-13-5-3-4-10(14(13)19-15)16(20)21-2/h3-8H,1-2H3,(H,18,19). The normalized spacial score (nSPS) is 10.8. The maximum Gasteiger partial charge on any atom is 0.340 e. The van der Waals surface area contributed by atoms with Crippen molar-refractivity contribution in [2.45, 2.75) is 6.92 Å². The van der Waals surface area contributed by atoms with E-state index in [1.807, 2.05) is 6.92 Å².